The fourth-order valence-corrected chi connectivity index (χ4v) is 5.30. The smallest absolute Gasteiger partial charge is 0.417 e. The second kappa shape index (κ2) is 16.8. The molecule has 0 fully saturated rings. The maximum absolute atomic E-state index is 4.45. The van der Waals surface area contributed by atoms with Crippen LogP contribution in [0.4, 0.5) is 0 Å². The van der Waals surface area contributed by atoms with Gasteiger partial charge in [0.1, 0.15) is 0 Å². The van der Waals surface area contributed by atoms with E-state index in [1.807, 2.05) is 146 Å². The molecule has 0 aliphatic rings. The van der Waals surface area contributed by atoms with E-state index in [9.17, 15) is 0 Å². The monoisotopic (exact) mass is 822 g/mol. The Morgan fingerprint density at radius 1 is 0.460 bits per heavy atom. The molecule has 0 unspecified atom stereocenters. The van der Waals surface area contributed by atoms with Crippen LogP contribution in [0, 0.1) is 12.1 Å². The summed E-state index contributed by atoms with van der Waals surface area (Å²) in [5, 5.41) is 12.9. The van der Waals surface area contributed by atoms with Crippen molar-refractivity contribution in [2.75, 3.05) is 0 Å². The van der Waals surface area contributed by atoms with Gasteiger partial charge in [-0.15, -0.1) is 71.8 Å². The van der Waals surface area contributed by atoms with E-state index in [4.69, 9.17) is 0 Å². The Bertz CT molecular complexity index is 2200. The van der Waals surface area contributed by atoms with Gasteiger partial charge in [0.25, 0.3) is 0 Å². The predicted octanol–water partition coefficient (Wildman–Crippen LogP) is 9.56. The van der Waals surface area contributed by atoms with Crippen LogP contribution in [-0.4, -0.2) is 25.0 Å². The van der Waals surface area contributed by atoms with Crippen molar-refractivity contribution >= 4 is 21.5 Å². The van der Waals surface area contributed by atoms with E-state index in [1.54, 1.807) is 6.20 Å². The first kappa shape index (κ1) is 33.7. The van der Waals surface area contributed by atoms with Gasteiger partial charge in [0, 0.05) is 18.6 Å². The molecule has 0 aliphatic heterocycles. The molecule has 0 saturated carbocycles. The number of hydrogen-bond donors (Lipinski definition) is 0. The largest absolute Gasteiger partial charge is 3.00 e. The topological polar surface area (TPSA) is 78.5 Å². The molecule has 4 aromatic heterocycles. The molecule has 0 bridgehead atoms. The summed E-state index contributed by atoms with van der Waals surface area (Å²) >= 11 is 0. The van der Waals surface area contributed by atoms with E-state index in [0.717, 1.165) is 33.8 Å². The van der Waals surface area contributed by atoms with Crippen molar-refractivity contribution in [3.63, 3.8) is 0 Å². The SMILES string of the molecule is [Ir+3].[c-]1ccccc1-c1nccc2ccccc12.[c-]1ccccc1-c1nccc2ccccc12.c1ccc(-c2n[n-]c(-c3ccccn3)n2)cc1. The summed E-state index contributed by atoms with van der Waals surface area (Å²) in [6.45, 7) is 0. The van der Waals surface area contributed by atoms with Crippen LogP contribution in [0.1, 0.15) is 0 Å². The van der Waals surface area contributed by atoms with E-state index in [0.29, 0.717) is 11.6 Å². The predicted molar refractivity (Wildman–Crippen MR) is 196 cm³/mol. The van der Waals surface area contributed by atoms with Crippen molar-refractivity contribution in [2.24, 2.45) is 0 Å². The number of aromatic nitrogens is 6. The molecule has 0 atom stereocenters. The molecule has 9 aromatic rings. The number of pyridine rings is 3. The van der Waals surface area contributed by atoms with Crippen LogP contribution in [0.5, 0.6) is 0 Å². The molecule has 4 heterocycles. The van der Waals surface area contributed by atoms with Crippen LogP contribution < -0.4 is 5.10 Å². The van der Waals surface area contributed by atoms with Crippen molar-refractivity contribution in [3.8, 4) is 45.4 Å². The van der Waals surface area contributed by atoms with Gasteiger partial charge in [-0.1, -0.05) is 84.9 Å². The molecule has 50 heavy (non-hydrogen) atoms. The van der Waals surface area contributed by atoms with Crippen LogP contribution in [0.2, 0.25) is 0 Å². The standard InChI is InChI=1S/2C15H10N.C13H9N4.Ir/c2*1-2-7-13(8-3-1)15-14-9-5-4-6-12(14)10-11-16-15;1-2-6-10(7-3-1)12-15-13(17-16-12)11-8-4-5-9-14-11;/h2*1-7,9-11H;1-9H;/q3*-1;+3. The van der Waals surface area contributed by atoms with Gasteiger partial charge in [-0.05, 0) is 68.6 Å². The van der Waals surface area contributed by atoms with Crippen molar-refractivity contribution < 1.29 is 20.1 Å². The fourth-order valence-electron chi connectivity index (χ4n) is 5.30. The Kier molecular flexibility index (Phi) is 11.3. The van der Waals surface area contributed by atoms with Crippen LogP contribution in [0.25, 0.3) is 67.0 Å². The minimum atomic E-state index is 0. The van der Waals surface area contributed by atoms with Gasteiger partial charge < -0.3 is 20.1 Å². The number of rotatable bonds is 4. The van der Waals surface area contributed by atoms with Gasteiger partial charge in [-0.2, -0.15) is 0 Å². The van der Waals surface area contributed by atoms with Gasteiger partial charge in [0.2, 0.25) is 0 Å². The summed E-state index contributed by atoms with van der Waals surface area (Å²) in [7, 11) is 0. The Balaban J connectivity index is 0.000000128. The third-order valence-corrected chi connectivity index (χ3v) is 7.65. The van der Waals surface area contributed by atoms with Crippen LogP contribution >= 0.6 is 0 Å². The maximum Gasteiger partial charge on any atom is 3.00 e. The van der Waals surface area contributed by atoms with Gasteiger partial charge >= 0.3 is 20.1 Å². The third kappa shape index (κ3) is 8.10. The van der Waals surface area contributed by atoms with Gasteiger partial charge in [0.15, 0.2) is 0 Å². The molecular formula is C43H29IrN6. The van der Waals surface area contributed by atoms with Crippen LogP contribution in [0.3, 0.4) is 0 Å². The van der Waals surface area contributed by atoms with Crippen molar-refractivity contribution in [1.29, 1.82) is 0 Å². The van der Waals surface area contributed by atoms with Crippen LogP contribution in [0.15, 0.2) is 176 Å². The summed E-state index contributed by atoms with van der Waals surface area (Å²) < 4.78 is 0. The van der Waals surface area contributed by atoms with Crippen molar-refractivity contribution in [3.05, 3.63) is 188 Å². The van der Waals surface area contributed by atoms with Crippen LogP contribution in [-0.2, 0) is 20.1 Å². The third-order valence-electron chi connectivity index (χ3n) is 7.65. The first-order chi connectivity index (χ1) is 24.3. The summed E-state index contributed by atoms with van der Waals surface area (Å²) in [5.74, 6) is 1.19. The number of fused-ring (bicyclic) bond motifs is 2. The summed E-state index contributed by atoms with van der Waals surface area (Å²) in [5.41, 5.74) is 5.78. The minimum absolute atomic E-state index is 0. The van der Waals surface area contributed by atoms with Crippen molar-refractivity contribution in [1.82, 2.24) is 30.1 Å². The molecule has 9 rings (SSSR count). The molecule has 7 heteroatoms. The van der Waals surface area contributed by atoms with Gasteiger partial charge in [-0.3, -0.25) is 10.1 Å². The number of nitrogens with zero attached hydrogens (tertiary/aromatic N) is 6. The zero-order chi connectivity index (χ0) is 33.1. The maximum atomic E-state index is 4.45. The molecular weight excluding hydrogens is 793 g/mol. The first-order valence-electron chi connectivity index (χ1n) is 15.8. The van der Waals surface area contributed by atoms with E-state index >= 15 is 0 Å². The zero-order valence-corrected chi connectivity index (χ0v) is 29.2. The molecule has 5 aromatic carbocycles. The average Bonchev–Trinajstić information content (AvgIpc) is 3.70. The Morgan fingerprint density at radius 2 is 1.00 bits per heavy atom. The van der Waals surface area contributed by atoms with Gasteiger partial charge in [-0.25, -0.2) is 0 Å². The zero-order valence-electron chi connectivity index (χ0n) is 26.8. The van der Waals surface area contributed by atoms with E-state index in [1.165, 1.54) is 21.5 Å². The average molecular weight is 822 g/mol. The summed E-state index contributed by atoms with van der Waals surface area (Å²) in [6.07, 6.45) is 5.41. The molecule has 0 amide bonds. The molecule has 240 valence electrons. The Morgan fingerprint density at radius 3 is 1.54 bits per heavy atom. The van der Waals surface area contributed by atoms with Crippen molar-refractivity contribution in [2.45, 2.75) is 0 Å². The molecule has 0 radical (unpaired) electrons. The Hall–Kier alpha value is -6.14. The Labute approximate surface area is 304 Å². The fraction of sp³-hybridized carbons (Fsp3) is 0. The van der Waals surface area contributed by atoms with Gasteiger partial charge in [0.05, 0.1) is 11.5 Å². The normalized spacial score (nSPS) is 10.2. The summed E-state index contributed by atoms with van der Waals surface area (Å²) in [6, 6.07) is 58.3. The second-order valence-corrected chi connectivity index (χ2v) is 10.9. The molecule has 0 aliphatic carbocycles. The van der Waals surface area contributed by atoms with E-state index in [-0.39, 0.29) is 20.1 Å². The molecule has 0 saturated heterocycles. The number of hydrogen-bond acceptors (Lipinski definition) is 5. The van der Waals surface area contributed by atoms with E-state index in [2.05, 4.69) is 66.5 Å². The molecule has 0 N–H and O–H groups in total. The molecule has 6 nitrogen and oxygen atoms in total. The quantitative estimate of drug-likeness (QED) is 0.165. The first-order valence-corrected chi connectivity index (χ1v) is 15.8. The molecule has 0 spiro atoms. The second-order valence-electron chi connectivity index (χ2n) is 10.9. The minimum Gasteiger partial charge on any atom is -0.417 e. The van der Waals surface area contributed by atoms with E-state index < -0.39 is 0 Å². The summed E-state index contributed by atoms with van der Waals surface area (Å²) in [4.78, 5) is 17.4. The number of benzene rings is 5.